The minimum absolute atomic E-state index is 0.0310. The second-order valence-corrected chi connectivity index (χ2v) is 8.71. The molecule has 5 heteroatoms. The molecule has 2 aliphatic rings. The summed E-state index contributed by atoms with van der Waals surface area (Å²) in [6.07, 6.45) is 3.62. The first kappa shape index (κ1) is 21.8. The highest BCUT2D eigenvalue weighted by molar-refractivity contribution is 5.97. The molecule has 0 unspecified atom stereocenters. The topological polar surface area (TPSA) is 48.0 Å². The molecular weight excluding hydrogens is 390 g/mol. The molecule has 0 aromatic heterocycles. The van der Waals surface area contributed by atoms with Crippen molar-refractivity contribution in [3.8, 4) is 5.75 Å². The molecule has 1 amide bonds. The van der Waals surface area contributed by atoms with Gasteiger partial charge >= 0.3 is 0 Å². The van der Waals surface area contributed by atoms with Gasteiger partial charge in [0.1, 0.15) is 5.75 Å². The third-order valence-corrected chi connectivity index (χ3v) is 6.59. The van der Waals surface area contributed by atoms with E-state index in [-0.39, 0.29) is 23.7 Å². The second-order valence-electron chi connectivity index (χ2n) is 8.71. The van der Waals surface area contributed by atoms with Gasteiger partial charge in [-0.2, -0.15) is 0 Å². The van der Waals surface area contributed by atoms with Gasteiger partial charge in [-0.3, -0.25) is 4.79 Å². The third kappa shape index (κ3) is 4.78. The molecule has 4 rings (SSSR count). The van der Waals surface area contributed by atoms with Crippen molar-refractivity contribution in [3.63, 3.8) is 0 Å². The normalized spacial score (nSPS) is 23.0. The molecule has 1 spiro atoms. The fourth-order valence-electron chi connectivity index (χ4n) is 4.95. The van der Waals surface area contributed by atoms with Crippen LogP contribution in [0.3, 0.4) is 0 Å². The summed E-state index contributed by atoms with van der Waals surface area (Å²) in [5.41, 5.74) is 2.67. The number of likely N-dealkylation sites (tertiary alicyclic amines) is 1. The van der Waals surface area contributed by atoms with Crippen molar-refractivity contribution in [2.24, 2.45) is 0 Å². The number of carbonyl (C=O) groups is 1. The maximum Gasteiger partial charge on any atom is 0.257 e. The number of amides is 1. The number of rotatable bonds is 5. The van der Waals surface area contributed by atoms with E-state index in [2.05, 4.69) is 31.2 Å². The van der Waals surface area contributed by atoms with E-state index in [9.17, 15) is 4.79 Å². The number of hydrogen-bond acceptors (Lipinski definition) is 4. The second kappa shape index (κ2) is 9.41. The lowest BCUT2D eigenvalue weighted by Crippen LogP contribution is -2.52. The van der Waals surface area contributed by atoms with E-state index in [1.807, 2.05) is 36.1 Å². The molecule has 0 N–H and O–H groups in total. The van der Waals surface area contributed by atoms with Crippen LogP contribution in [0.1, 0.15) is 60.2 Å². The van der Waals surface area contributed by atoms with Gasteiger partial charge in [-0.1, -0.05) is 36.4 Å². The predicted molar refractivity (Wildman–Crippen MR) is 121 cm³/mol. The Bertz CT molecular complexity index is 890. The summed E-state index contributed by atoms with van der Waals surface area (Å²) in [6.45, 7) is 6.11. The summed E-state index contributed by atoms with van der Waals surface area (Å²) in [5, 5.41) is 0. The number of piperidine rings is 1. The highest BCUT2D eigenvalue weighted by atomic mass is 16.5. The zero-order valence-corrected chi connectivity index (χ0v) is 18.8. The SMILES string of the molecule is CCO[C@H]1C[C@@H](c2ccccc2)OC2(CCN(C(=O)c3ccc(C)cc3OC)CC2)C1. The molecule has 2 aromatic rings. The molecule has 2 aromatic carbocycles. The zero-order chi connectivity index (χ0) is 21.8. The van der Waals surface area contributed by atoms with Crippen LogP contribution in [0.2, 0.25) is 0 Å². The van der Waals surface area contributed by atoms with Crippen LogP contribution in [-0.4, -0.2) is 49.3 Å². The zero-order valence-electron chi connectivity index (χ0n) is 18.8. The molecule has 2 saturated heterocycles. The lowest BCUT2D eigenvalue weighted by molar-refractivity contribution is -0.190. The molecule has 0 bridgehead atoms. The standard InChI is InChI=1S/C26H33NO4/c1-4-30-21-17-23(20-8-6-5-7-9-20)31-26(18-21)12-14-27(15-13-26)25(28)22-11-10-19(2)16-24(22)29-3/h5-11,16,21,23H,4,12-15,17-18H2,1-3H3/t21-,23-/m0/s1. The average Bonchev–Trinajstić information content (AvgIpc) is 2.79. The molecule has 2 atom stereocenters. The van der Waals surface area contributed by atoms with E-state index < -0.39 is 0 Å². The van der Waals surface area contributed by atoms with Gasteiger partial charge in [-0.15, -0.1) is 0 Å². The molecule has 0 saturated carbocycles. The van der Waals surface area contributed by atoms with Crippen molar-refractivity contribution in [2.75, 3.05) is 26.8 Å². The molecular formula is C26H33NO4. The van der Waals surface area contributed by atoms with Crippen LogP contribution in [0.5, 0.6) is 5.75 Å². The predicted octanol–water partition coefficient (Wildman–Crippen LogP) is 4.94. The van der Waals surface area contributed by atoms with E-state index in [1.54, 1.807) is 7.11 Å². The van der Waals surface area contributed by atoms with E-state index in [1.165, 1.54) is 5.56 Å². The Morgan fingerprint density at radius 2 is 1.90 bits per heavy atom. The Hall–Kier alpha value is -2.37. The summed E-state index contributed by atoms with van der Waals surface area (Å²) >= 11 is 0. The highest BCUT2D eigenvalue weighted by Crippen LogP contribution is 2.44. The Balaban J connectivity index is 1.48. The fraction of sp³-hybridized carbons (Fsp3) is 0.500. The van der Waals surface area contributed by atoms with Gasteiger partial charge in [-0.05, 0) is 49.9 Å². The Morgan fingerprint density at radius 3 is 2.58 bits per heavy atom. The van der Waals surface area contributed by atoms with Gasteiger partial charge in [-0.25, -0.2) is 0 Å². The van der Waals surface area contributed by atoms with Crippen molar-refractivity contribution in [3.05, 3.63) is 65.2 Å². The van der Waals surface area contributed by atoms with Crippen LogP contribution in [0.4, 0.5) is 0 Å². The first-order valence-corrected chi connectivity index (χ1v) is 11.3. The van der Waals surface area contributed by atoms with Crippen molar-refractivity contribution in [1.82, 2.24) is 4.90 Å². The lowest BCUT2D eigenvalue weighted by atomic mass is 9.80. The minimum atomic E-state index is -0.243. The quantitative estimate of drug-likeness (QED) is 0.684. The van der Waals surface area contributed by atoms with Crippen molar-refractivity contribution in [1.29, 1.82) is 0 Å². The highest BCUT2D eigenvalue weighted by Gasteiger charge is 2.45. The lowest BCUT2D eigenvalue weighted by Gasteiger charge is -2.48. The summed E-state index contributed by atoms with van der Waals surface area (Å²) in [6, 6.07) is 16.2. The fourth-order valence-corrected chi connectivity index (χ4v) is 4.95. The molecule has 5 nitrogen and oxygen atoms in total. The molecule has 166 valence electrons. The van der Waals surface area contributed by atoms with Crippen LogP contribution < -0.4 is 4.74 Å². The van der Waals surface area contributed by atoms with Crippen LogP contribution in [0, 0.1) is 6.92 Å². The number of carbonyl (C=O) groups excluding carboxylic acids is 1. The summed E-state index contributed by atoms with van der Waals surface area (Å²) in [7, 11) is 1.62. The molecule has 0 radical (unpaired) electrons. The Morgan fingerprint density at radius 1 is 1.16 bits per heavy atom. The van der Waals surface area contributed by atoms with Gasteiger partial charge in [0.25, 0.3) is 5.91 Å². The van der Waals surface area contributed by atoms with Crippen LogP contribution in [-0.2, 0) is 9.47 Å². The third-order valence-electron chi connectivity index (χ3n) is 6.59. The van der Waals surface area contributed by atoms with E-state index in [4.69, 9.17) is 14.2 Å². The summed E-state index contributed by atoms with van der Waals surface area (Å²) < 4.78 is 18.3. The average molecular weight is 424 g/mol. The molecule has 2 aliphatic heterocycles. The summed E-state index contributed by atoms with van der Waals surface area (Å²) in [4.78, 5) is 15.1. The van der Waals surface area contributed by atoms with Crippen LogP contribution in [0.15, 0.2) is 48.5 Å². The number of ether oxygens (including phenoxy) is 3. The Kier molecular flexibility index (Phi) is 6.63. The van der Waals surface area contributed by atoms with E-state index in [0.717, 1.165) is 31.2 Å². The van der Waals surface area contributed by atoms with Gasteiger partial charge in [0.2, 0.25) is 0 Å². The van der Waals surface area contributed by atoms with Crippen molar-refractivity contribution >= 4 is 5.91 Å². The first-order valence-electron chi connectivity index (χ1n) is 11.3. The molecule has 31 heavy (non-hydrogen) atoms. The number of benzene rings is 2. The number of aryl methyl sites for hydroxylation is 1. The van der Waals surface area contributed by atoms with Crippen LogP contribution >= 0.6 is 0 Å². The minimum Gasteiger partial charge on any atom is -0.496 e. The van der Waals surface area contributed by atoms with E-state index >= 15 is 0 Å². The first-order chi connectivity index (χ1) is 15.0. The van der Waals surface area contributed by atoms with E-state index in [0.29, 0.717) is 31.0 Å². The van der Waals surface area contributed by atoms with Gasteiger partial charge in [0.05, 0.1) is 30.5 Å². The van der Waals surface area contributed by atoms with Gasteiger partial charge < -0.3 is 19.1 Å². The summed E-state index contributed by atoms with van der Waals surface area (Å²) in [5.74, 6) is 0.670. The number of hydrogen-bond donors (Lipinski definition) is 0. The van der Waals surface area contributed by atoms with Crippen molar-refractivity contribution < 1.29 is 19.0 Å². The smallest absolute Gasteiger partial charge is 0.257 e. The van der Waals surface area contributed by atoms with Gasteiger partial charge in [0.15, 0.2) is 0 Å². The maximum atomic E-state index is 13.2. The van der Waals surface area contributed by atoms with Crippen LogP contribution in [0.25, 0.3) is 0 Å². The van der Waals surface area contributed by atoms with Crippen molar-refractivity contribution in [2.45, 2.75) is 57.3 Å². The Labute approximate surface area is 185 Å². The maximum absolute atomic E-state index is 13.2. The molecule has 0 aliphatic carbocycles. The monoisotopic (exact) mass is 423 g/mol. The molecule has 2 heterocycles. The number of methoxy groups -OCH3 is 1. The number of nitrogens with zero attached hydrogens (tertiary/aromatic N) is 1. The molecule has 2 fully saturated rings. The largest absolute Gasteiger partial charge is 0.496 e. The van der Waals surface area contributed by atoms with Gasteiger partial charge in [0, 0.05) is 32.5 Å².